The quantitative estimate of drug-likeness (QED) is 0.818. The number of benzene rings is 1. The van der Waals surface area contributed by atoms with Crippen molar-refractivity contribution in [1.29, 1.82) is 0 Å². The Morgan fingerprint density at radius 1 is 1.00 bits per heavy atom. The van der Waals surface area contributed by atoms with Crippen LogP contribution in [0.5, 0.6) is 0 Å². The van der Waals surface area contributed by atoms with Crippen molar-refractivity contribution in [2.45, 2.75) is 0 Å². The Balaban J connectivity index is 1.49. The van der Waals surface area contributed by atoms with E-state index in [0.29, 0.717) is 38.4 Å². The molecule has 2 fully saturated rings. The van der Waals surface area contributed by atoms with Crippen molar-refractivity contribution in [3.05, 3.63) is 29.8 Å². The molecule has 0 atom stereocenters. The molecule has 1 aromatic carbocycles. The third kappa shape index (κ3) is 4.02. The maximum absolute atomic E-state index is 13.9. The van der Waals surface area contributed by atoms with E-state index in [9.17, 15) is 13.6 Å². The maximum Gasteiger partial charge on any atom is 0.236 e. The van der Waals surface area contributed by atoms with E-state index in [1.54, 1.807) is 0 Å². The lowest BCUT2D eigenvalue weighted by molar-refractivity contribution is -0.134. The van der Waals surface area contributed by atoms with Gasteiger partial charge in [0.2, 0.25) is 5.91 Å². The first-order valence-corrected chi connectivity index (χ1v) is 8.41. The van der Waals surface area contributed by atoms with Gasteiger partial charge >= 0.3 is 0 Å². The molecule has 2 aliphatic heterocycles. The Hall–Kier alpha value is -1.73. The molecule has 132 valence electrons. The van der Waals surface area contributed by atoms with E-state index in [2.05, 4.69) is 16.8 Å². The van der Waals surface area contributed by atoms with Gasteiger partial charge in [-0.1, -0.05) is 0 Å². The molecule has 0 N–H and O–H groups in total. The summed E-state index contributed by atoms with van der Waals surface area (Å²) in [5, 5.41) is 0. The number of hydrogen-bond donors (Lipinski definition) is 0. The highest BCUT2D eigenvalue weighted by atomic mass is 19.1. The molecule has 0 saturated carbocycles. The maximum atomic E-state index is 13.9. The predicted octanol–water partition coefficient (Wildman–Crippen LogP) is 0.861. The number of halogens is 2. The molecule has 0 aromatic heterocycles. The van der Waals surface area contributed by atoms with E-state index < -0.39 is 11.6 Å². The lowest BCUT2D eigenvalue weighted by Gasteiger charge is -2.38. The molecule has 24 heavy (non-hydrogen) atoms. The number of likely N-dealkylation sites (N-methyl/N-ethyl adjacent to an activating group) is 1. The summed E-state index contributed by atoms with van der Waals surface area (Å²) in [7, 11) is 2.07. The number of carbonyl (C=O) groups excluding carboxylic acids is 1. The van der Waals surface area contributed by atoms with Gasteiger partial charge in [-0.3, -0.25) is 9.69 Å². The first-order chi connectivity index (χ1) is 11.5. The summed E-state index contributed by atoms with van der Waals surface area (Å²) >= 11 is 0. The minimum Gasteiger partial charge on any atom is -0.367 e. The van der Waals surface area contributed by atoms with Crippen molar-refractivity contribution in [1.82, 2.24) is 14.7 Å². The summed E-state index contributed by atoms with van der Waals surface area (Å²) in [6.07, 6.45) is 0. The van der Waals surface area contributed by atoms with Crippen LogP contribution in [0, 0.1) is 11.6 Å². The average molecular weight is 338 g/mol. The van der Waals surface area contributed by atoms with Crippen molar-refractivity contribution in [2.75, 3.05) is 70.9 Å². The second kappa shape index (κ2) is 7.44. The fourth-order valence-corrected chi connectivity index (χ4v) is 3.23. The number of carbonyl (C=O) groups is 1. The summed E-state index contributed by atoms with van der Waals surface area (Å²) in [5.74, 6) is -0.922. The smallest absolute Gasteiger partial charge is 0.236 e. The Morgan fingerprint density at radius 2 is 1.67 bits per heavy atom. The Kier molecular flexibility index (Phi) is 5.30. The third-order valence-electron chi connectivity index (χ3n) is 4.84. The lowest BCUT2D eigenvalue weighted by Crippen LogP contribution is -2.53. The highest BCUT2D eigenvalue weighted by molar-refractivity contribution is 5.78. The van der Waals surface area contributed by atoms with Crippen LogP contribution in [0.25, 0.3) is 0 Å². The van der Waals surface area contributed by atoms with Crippen molar-refractivity contribution in [2.24, 2.45) is 0 Å². The minimum absolute atomic E-state index is 0.171. The SMILES string of the molecule is CN1CCN(C(=O)CN2CCN(c3ccc(F)cc3F)CC2)CC1. The van der Waals surface area contributed by atoms with Gasteiger partial charge in [0.15, 0.2) is 0 Å². The van der Waals surface area contributed by atoms with Crippen LogP contribution in [0.2, 0.25) is 0 Å². The minimum atomic E-state index is -0.562. The number of anilines is 1. The Morgan fingerprint density at radius 3 is 2.29 bits per heavy atom. The van der Waals surface area contributed by atoms with Gasteiger partial charge in [0.1, 0.15) is 11.6 Å². The zero-order valence-electron chi connectivity index (χ0n) is 14.0. The highest BCUT2D eigenvalue weighted by Gasteiger charge is 2.24. The third-order valence-corrected chi connectivity index (χ3v) is 4.84. The lowest BCUT2D eigenvalue weighted by atomic mass is 10.2. The van der Waals surface area contributed by atoms with Crippen LogP contribution in [0.3, 0.4) is 0 Å². The fourth-order valence-electron chi connectivity index (χ4n) is 3.23. The van der Waals surface area contributed by atoms with E-state index >= 15 is 0 Å². The molecule has 0 unspecified atom stereocenters. The van der Waals surface area contributed by atoms with E-state index in [4.69, 9.17) is 0 Å². The van der Waals surface area contributed by atoms with E-state index in [1.807, 2.05) is 9.80 Å². The predicted molar refractivity (Wildman–Crippen MR) is 89.1 cm³/mol. The Labute approximate surface area is 141 Å². The van der Waals surface area contributed by atoms with Gasteiger partial charge in [0.25, 0.3) is 0 Å². The number of rotatable bonds is 3. The number of amides is 1. The molecule has 2 saturated heterocycles. The molecule has 3 rings (SSSR count). The number of piperazine rings is 2. The zero-order chi connectivity index (χ0) is 17.1. The van der Waals surface area contributed by atoms with Crippen LogP contribution in [-0.4, -0.2) is 86.6 Å². The van der Waals surface area contributed by atoms with E-state index in [0.717, 1.165) is 32.2 Å². The second-order valence-electron chi connectivity index (χ2n) is 6.54. The summed E-state index contributed by atoms with van der Waals surface area (Å²) in [6, 6.07) is 3.68. The van der Waals surface area contributed by atoms with Gasteiger partial charge in [-0.25, -0.2) is 8.78 Å². The molecule has 0 aliphatic carbocycles. The Bertz CT molecular complexity index is 582. The van der Waals surface area contributed by atoms with Gasteiger partial charge in [-0.15, -0.1) is 0 Å². The molecular weight excluding hydrogens is 314 g/mol. The van der Waals surface area contributed by atoms with E-state index in [-0.39, 0.29) is 5.91 Å². The summed E-state index contributed by atoms with van der Waals surface area (Å²) in [4.78, 5) is 20.5. The van der Waals surface area contributed by atoms with Crippen molar-refractivity contribution < 1.29 is 13.6 Å². The highest BCUT2D eigenvalue weighted by Crippen LogP contribution is 2.21. The first kappa shape index (κ1) is 17.1. The van der Waals surface area contributed by atoms with Crippen molar-refractivity contribution in [3.63, 3.8) is 0 Å². The molecule has 0 bridgehead atoms. The number of hydrogen-bond acceptors (Lipinski definition) is 4. The molecule has 2 heterocycles. The van der Waals surface area contributed by atoms with Gasteiger partial charge in [0.05, 0.1) is 12.2 Å². The summed E-state index contributed by atoms with van der Waals surface area (Å²) < 4.78 is 26.9. The monoisotopic (exact) mass is 338 g/mol. The molecule has 0 spiro atoms. The molecule has 1 aromatic rings. The average Bonchev–Trinajstić information content (AvgIpc) is 2.56. The van der Waals surface area contributed by atoms with Crippen molar-refractivity contribution >= 4 is 11.6 Å². The van der Waals surface area contributed by atoms with Gasteiger partial charge in [0, 0.05) is 58.4 Å². The van der Waals surface area contributed by atoms with Crippen LogP contribution in [0.1, 0.15) is 0 Å². The largest absolute Gasteiger partial charge is 0.367 e. The molecule has 2 aliphatic rings. The van der Waals surface area contributed by atoms with Gasteiger partial charge in [-0.2, -0.15) is 0 Å². The van der Waals surface area contributed by atoms with E-state index in [1.165, 1.54) is 12.1 Å². The molecule has 0 radical (unpaired) electrons. The van der Waals surface area contributed by atoms with Gasteiger partial charge in [-0.05, 0) is 19.2 Å². The van der Waals surface area contributed by atoms with Crippen molar-refractivity contribution in [3.8, 4) is 0 Å². The normalized spacial score (nSPS) is 20.5. The molecule has 5 nitrogen and oxygen atoms in total. The first-order valence-electron chi connectivity index (χ1n) is 8.41. The molecule has 7 heteroatoms. The van der Waals surface area contributed by atoms with Crippen LogP contribution in [0.4, 0.5) is 14.5 Å². The molecule has 1 amide bonds. The standard InChI is InChI=1S/C17H24F2N4O/c1-20-4-8-23(9-5-20)17(24)13-21-6-10-22(11-7-21)16-3-2-14(18)12-15(16)19/h2-3,12H,4-11,13H2,1H3. The second-order valence-corrected chi connectivity index (χ2v) is 6.54. The van der Waals surface area contributed by atoms with Crippen LogP contribution < -0.4 is 4.90 Å². The topological polar surface area (TPSA) is 30.0 Å². The summed E-state index contributed by atoms with van der Waals surface area (Å²) in [5.41, 5.74) is 0.432. The fraction of sp³-hybridized carbons (Fsp3) is 0.588. The van der Waals surface area contributed by atoms with Gasteiger partial charge < -0.3 is 14.7 Å². The number of nitrogens with zero attached hydrogens (tertiary/aromatic N) is 4. The summed E-state index contributed by atoms with van der Waals surface area (Å²) in [6.45, 7) is 6.52. The zero-order valence-corrected chi connectivity index (χ0v) is 14.0. The van der Waals surface area contributed by atoms with Crippen LogP contribution in [0.15, 0.2) is 18.2 Å². The molecular formula is C17H24F2N4O. The van der Waals surface area contributed by atoms with Crippen LogP contribution in [-0.2, 0) is 4.79 Å². The van der Waals surface area contributed by atoms with Crippen LogP contribution >= 0.6 is 0 Å².